The second-order valence-corrected chi connectivity index (χ2v) is 10.7. The van der Waals surface area contributed by atoms with Crippen LogP contribution in [0.5, 0.6) is 0 Å². The van der Waals surface area contributed by atoms with E-state index in [0.29, 0.717) is 45.9 Å². The fourth-order valence-corrected chi connectivity index (χ4v) is 5.96. The Hall–Kier alpha value is -1.48. The maximum atomic E-state index is 13.0. The Morgan fingerprint density at radius 3 is 2.55 bits per heavy atom. The van der Waals surface area contributed by atoms with Gasteiger partial charge in [0.25, 0.3) is 0 Å². The highest BCUT2D eigenvalue weighted by atomic mass is 32.2. The van der Waals surface area contributed by atoms with Gasteiger partial charge in [-0.1, -0.05) is 30.3 Å². The van der Waals surface area contributed by atoms with Crippen molar-refractivity contribution < 1.29 is 17.9 Å². The van der Waals surface area contributed by atoms with Crippen LogP contribution in [0.1, 0.15) is 12.0 Å². The molecule has 29 heavy (non-hydrogen) atoms. The molecule has 1 amide bonds. The van der Waals surface area contributed by atoms with Crippen molar-refractivity contribution in [1.29, 1.82) is 0 Å². The standard InChI is InChI=1S/C21H31N3O4S/c1-29(26,27)24-14-19-13-23(20(25)15-22-9-11-28-12-10-22)16-21(19,17-24)8-7-18-5-3-2-4-6-18/h2-6,19H,7-17H2,1H3. The van der Waals surface area contributed by atoms with E-state index >= 15 is 0 Å². The molecule has 2 atom stereocenters. The summed E-state index contributed by atoms with van der Waals surface area (Å²) in [6, 6.07) is 10.3. The average Bonchev–Trinajstić information content (AvgIpc) is 3.23. The van der Waals surface area contributed by atoms with Crippen molar-refractivity contribution in [2.24, 2.45) is 11.3 Å². The van der Waals surface area contributed by atoms with Gasteiger partial charge < -0.3 is 9.64 Å². The molecule has 3 heterocycles. The first-order chi connectivity index (χ1) is 13.9. The number of fused-ring (bicyclic) bond motifs is 1. The van der Waals surface area contributed by atoms with Crippen molar-refractivity contribution in [1.82, 2.24) is 14.1 Å². The fraction of sp³-hybridized carbons (Fsp3) is 0.667. The third-order valence-electron chi connectivity index (χ3n) is 6.77. The molecule has 3 fully saturated rings. The third-order valence-corrected chi connectivity index (χ3v) is 7.98. The lowest BCUT2D eigenvalue weighted by Crippen LogP contribution is -2.45. The van der Waals surface area contributed by atoms with Crippen molar-refractivity contribution in [3.63, 3.8) is 0 Å². The van der Waals surface area contributed by atoms with Crippen LogP contribution < -0.4 is 0 Å². The predicted octanol–water partition coefficient (Wildman–Crippen LogP) is 0.671. The first kappa shape index (κ1) is 20.8. The lowest BCUT2D eigenvalue weighted by Gasteiger charge is -2.31. The van der Waals surface area contributed by atoms with Crippen LogP contribution in [0.25, 0.3) is 0 Å². The number of amides is 1. The molecular formula is C21H31N3O4S. The van der Waals surface area contributed by atoms with E-state index in [1.54, 1.807) is 4.31 Å². The van der Waals surface area contributed by atoms with E-state index in [-0.39, 0.29) is 17.2 Å². The average molecular weight is 422 g/mol. The van der Waals surface area contributed by atoms with Crippen molar-refractivity contribution in [3.8, 4) is 0 Å². The van der Waals surface area contributed by atoms with Crippen LogP contribution in [0.3, 0.4) is 0 Å². The molecule has 3 saturated heterocycles. The monoisotopic (exact) mass is 421 g/mol. The highest BCUT2D eigenvalue weighted by Crippen LogP contribution is 2.46. The number of ether oxygens (including phenoxy) is 1. The quantitative estimate of drug-likeness (QED) is 0.675. The lowest BCUT2D eigenvalue weighted by molar-refractivity contribution is -0.133. The summed E-state index contributed by atoms with van der Waals surface area (Å²) in [5.41, 5.74) is 1.11. The van der Waals surface area contributed by atoms with Crippen molar-refractivity contribution in [3.05, 3.63) is 35.9 Å². The van der Waals surface area contributed by atoms with Gasteiger partial charge in [-0.2, -0.15) is 0 Å². The van der Waals surface area contributed by atoms with Gasteiger partial charge in [-0.15, -0.1) is 0 Å². The number of morpholine rings is 1. The van der Waals surface area contributed by atoms with Crippen molar-refractivity contribution >= 4 is 15.9 Å². The lowest BCUT2D eigenvalue weighted by atomic mass is 9.76. The maximum absolute atomic E-state index is 13.0. The molecule has 0 aromatic heterocycles. The number of sulfonamides is 1. The highest BCUT2D eigenvalue weighted by molar-refractivity contribution is 7.88. The Balaban J connectivity index is 1.46. The summed E-state index contributed by atoms with van der Waals surface area (Å²) in [7, 11) is -3.22. The largest absolute Gasteiger partial charge is 0.379 e. The molecule has 0 spiro atoms. The molecule has 0 radical (unpaired) electrons. The molecule has 1 aromatic carbocycles. The summed E-state index contributed by atoms with van der Waals surface area (Å²) in [5, 5.41) is 0. The predicted molar refractivity (Wildman–Crippen MR) is 111 cm³/mol. The van der Waals surface area contributed by atoms with Gasteiger partial charge >= 0.3 is 0 Å². The molecule has 1 aromatic rings. The van der Waals surface area contributed by atoms with E-state index in [1.807, 2.05) is 23.1 Å². The minimum atomic E-state index is -3.22. The molecule has 3 aliphatic heterocycles. The number of nitrogens with zero attached hydrogens (tertiary/aromatic N) is 3. The first-order valence-corrected chi connectivity index (χ1v) is 12.3. The molecule has 0 bridgehead atoms. The molecule has 0 N–H and O–H groups in total. The van der Waals surface area contributed by atoms with Crippen molar-refractivity contribution in [2.45, 2.75) is 12.8 Å². The van der Waals surface area contributed by atoms with E-state index in [0.717, 1.165) is 25.9 Å². The molecule has 7 nitrogen and oxygen atoms in total. The van der Waals surface area contributed by atoms with Crippen LogP contribution >= 0.6 is 0 Å². The van der Waals surface area contributed by atoms with Gasteiger partial charge in [0.2, 0.25) is 15.9 Å². The van der Waals surface area contributed by atoms with E-state index in [9.17, 15) is 13.2 Å². The fourth-order valence-electron chi connectivity index (χ4n) is 5.02. The smallest absolute Gasteiger partial charge is 0.236 e. The summed E-state index contributed by atoms with van der Waals surface area (Å²) in [6.45, 7) is 5.73. The molecule has 0 saturated carbocycles. The number of benzene rings is 1. The number of carbonyl (C=O) groups excluding carboxylic acids is 1. The molecular weight excluding hydrogens is 390 g/mol. The molecule has 3 aliphatic rings. The maximum Gasteiger partial charge on any atom is 0.236 e. The van der Waals surface area contributed by atoms with Crippen LogP contribution in [-0.2, 0) is 26.0 Å². The molecule has 0 aliphatic carbocycles. The summed E-state index contributed by atoms with van der Waals surface area (Å²) in [4.78, 5) is 17.1. The zero-order valence-electron chi connectivity index (χ0n) is 17.1. The van der Waals surface area contributed by atoms with Crippen LogP contribution in [0.2, 0.25) is 0 Å². The van der Waals surface area contributed by atoms with Gasteiger partial charge in [-0.05, 0) is 24.3 Å². The number of likely N-dealkylation sites (tertiary alicyclic amines) is 1. The van der Waals surface area contributed by atoms with E-state index < -0.39 is 10.0 Å². The molecule has 4 rings (SSSR count). The van der Waals surface area contributed by atoms with Gasteiger partial charge in [0.05, 0.1) is 26.0 Å². The summed E-state index contributed by atoms with van der Waals surface area (Å²) in [6.07, 6.45) is 3.09. The van der Waals surface area contributed by atoms with Crippen LogP contribution in [-0.4, -0.2) is 93.7 Å². The van der Waals surface area contributed by atoms with Gasteiger partial charge in [0, 0.05) is 44.7 Å². The second-order valence-electron chi connectivity index (χ2n) is 8.76. The summed E-state index contributed by atoms with van der Waals surface area (Å²) in [5.74, 6) is 0.362. The SMILES string of the molecule is CS(=O)(=O)N1CC2CN(C(=O)CN3CCOCC3)CC2(CCc2ccccc2)C1. The van der Waals surface area contributed by atoms with E-state index in [1.165, 1.54) is 11.8 Å². The normalized spacial score (nSPS) is 28.6. The Labute approximate surface area is 173 Å². The van der Waals surface area contributed by atoms with Crippen LogP contribution in [0.4, 0.5) is 0 Å². The Bertz CT molecular complexity index is 826. The Morgan fingerprint density at radius 2 is 1.86 bits per heavy atom. The van der Waals surface area contributed by atoms with Crippen LogP contribution in [0, 0.1) is 11.3 Å². The molecule has 8 heteroatoms. The van der Waals surface area contributed by atoms with Crippen molar-refractivity contribution in [2.75, 3.05) is 65.3 Å². The number of carbonyl (C=O) groups is 1. The first-order valence-electron chi connectivity index (χ1n) is 10.4. The minimum Gasteiger partial charge on any atom is -0.379 e. The summed E-state index contributed by atoms with van der Waals surface area (Å²) < 4.78 is 31.4. The zero-order chi connectivity index (χ0) is 20.5. The van der Waals surface area contributed by atoms with E-state index in [4.69, 9.17) is 4.74 Å². The Kier molecular flexibility index (Phi) is 5.97. The van der Waals surface area contributed by atoms with Gasteiger partial charge in [-0.3, -0.25) is 9.69 Å². The minimum absolute atomic E-state index is 0.153. The number of hydrogen-bond donors (Lipinski definition) is 0. The molecule has 160 valence electrons. The van der Waals surface area contributed by atoms with E-state index in [2.05, 4.69) is 17.0 Å². The number of rotatable bonds is 6. The Morgan fingerprint density at radius 1 is 1.14 bits per heavy atom. The third kappa shape index (κ3) is 4.66. The van der Waals surface area contributed by atoms with Gasteiger partial charge in [0.15, 0.2) is 0 Å². The summed E-state index contributed by atoms with van der Waals surface area (Å²) >= 11 is 0. The number of hydrogen-bond acceptors (Lipinski definition) is 5. The zero-order valence-corrected chi connectivity index (χ0v) is 17.9. The number of aryl methyl sites for hydroxylation is 1. The highest BCUT2D eigenvalue weighted by Gasteiger charge is 2.54. The van der Waals surface area contributed by atoms with Gasteiger partial charge in [-0.25, -0.2) is 12.7 Å². The topological polar surface area (TPSA) is 70.2 Å². The van der Waals surface area contributed by atoms with Crippen LogP contribution in [0.15, 0.2) is 30.3 Å². The van der Waals surface area contributed by atoms with Gasteiger partial charge in [0.1, 0.15) is 0 Å². The molecule has 2 unspecified atom stereocenters. The second kappa shape index (κ2) is 8.34.